The lowest BCUT2D eigenvalue weighted by Crippen LogP contribution is -2.41. The number of hydrogen-bond acceptors (Lipinski definition) is 6. The van der Waals surface area contributed by atoms with Crippen molar-refractivity contribution in [3.05, 3.63) is 124 Å². The van der Waals surface area contributed by atoms with Crippen LogP contribution < -0.4 is 21.0 Å². The molecule has 0 atom stereocenters. The summed E-state index contributed by atoms with van der Waals surface area (Å²) in [6, 6.07) is 25.6. The first-order chi connectivity index (χ1) is 20.0. The van der Waals surface area contributed by atoms with Gasteiger partial charge in [0.2, 0.25) is 0 Å². The largest absolute Gasteiger partial charge is 0.497 e. The Morgan fingerprint density at radius 3 is 2.05 bits per heavy atom. The Bertz CT molecular complexity index is 1540. The van der Waals surface area contributed by atoms with Crippen LogP contribution >= 0.6 is 0 Å². The third-order valence-electron chi connectivity index (χ3n) is 7.00. The molecule has 5 rings (SSSR count). The van der Waals surface area contributed by atoms with Crippen LogP contribution in [0.15, 0.2) is 94.4 Å². The molecule has 3 amide bonds. The number of carbonyl (C=O) groups is 3. The Hall–Kier alpha value is -5.18. The van der Waals surface area contributed by atoms with Gasteiger partial charge in [-0.3, -0.25) is 25.2 Å². The van der Waals surface area contributed by atoms with Crippen molar-refractivity contribution in [2.45, 2.75) is 32.1 Å². The highest BCUT2D eigenvalue weighted by Crippen LogP contribution is 2.30. The topological polar surface area (TPSA) is 122 Å². The molecule has 0 spiro atoms. The zero-order chi connectivity index (χ0) is 28.8. The maximum atomic E-state index is 13.4. The zero-order valence-corrected chi connectivity index (χ0v) is 22.8. The van der Waals surface area contributed by atoms with Gasteiger partial charge in [0.1, 0.15) is 11.5 Å². The van der Waals surface area contributed by atoms with Crippen molar-refractivity contribution in [2.24, 2.45) is 5.10 Å². The van der Waals surface area contributed by atoms with Gasteiger partial charge in [0.25, 0.3) is 11.8 Å². The normalized spacial score (nSPS) is 13.4. The predicted octanol–water partition coefficient (Wildman–Crippen LogP) is 4.66. The number of benzene rings is 3. The number of nitrogens with one attached hydrogen (secondary N) is 3. The smallest absolute Gasteiger partial charge is 0.305 e. The van der Waals surface area contributed by atoms with Gasteiger partial charge >= 0.3 is 5.91 Å². The molecule has 3 aromatic carbocycles. The molecule has 1 heterocycles. The Balaban J connectivity index is 1.32. The molecule has 3 N–H and O–H groups in total. The van der Waals surface area contributed by atoms with Gasteiger partial charge in [0.05, 0.1) is 18.7 Å². The molecule has 9 heteroatoms. The van der Waals surface area contributed by atoms with Crippen molar-refractivity contribution >= 4 is 23.4 Å². The minimum absolute atomic E-state index is 0.0809. The number of hydrazone groups is 1. The maximum absolute atomic E-state index is 13.4. The molecule has 208 valence electrons. The number of nitrogens with zero attached hydrogens (tertiary/aromatic N) is 1. The summed E-state index contributed by atoms with van der Waals surface area (Å²) in [5.74, 6) is -0.546. The second-order valence-electron chi connectivity index (χ2n) is 9.63. The van der Waals surface area contributed by atoms with E-state index in [2.05, 4.69) is 21.4 Å². The predicted molar refractivity (Wildman–Crippen MR) is 154 cm³/mol. The minimum Gasteiger partial charge on any atom is -0.497 e. The summed E-state index contributed by atoms with van der Waals surface area (Å²) in [5, 5.41) is 4.50. The van der Waals surface area contributed by atoms with Crippen LogP contribution in [0.3, 0.4) is 0 Å². The molecule has 0 bridgehead atoms. The van der Waals surface area contributed by atoms with Crippen LogP contribution in [0, 0.1) is 6.92 Å². The number of fused-ring (bicyclic) bond motifs is 1. The van der Waals surface area contributed by atoms with E-state index in [1.165, 1.54) is 7.11 Å². The van der Waals surface area contributed by atoms with Gasteiger partial charge in [-0.05, 0) is 55.2 Å². The summed E-state index contributed by atoms with van der Waals surface area (Å²) in [7, 11) is 1.54. The fraction of sp³-hybridized carbons (Fsp3) is 0.188. The van der Waals surface area contributed by atoms with Gasteiger partial charge in [0, 0.05) is 23.1 Å². The van der Waals surface area contributed by atoms with Crippen LogP contribution in [-0.4, -0.2) is 30.5 Å². The number of ether oxygens (including phenoxy) is 1. The molecule has 0 saturated carbocycles. The zero-order valence-electron chi connectivity index (χ0n) is 22.8. The molecule has 0 unspecified atom stereocenters. The fourth-order valence-electron chi connectivity index (χ4n) is 4.95. The summed E-state index contributed by atoms with van der Waals surface area (Å²) in [5.41, 5.74) is 11.6. The summed E-state index contributed by atoms with van der Waals surface area (Å²) in [4.78, 5) is 38.9. The van der Waals surface area contributed by atoms with Gasteiger partial charge in [-0.25, -0.2) is 5.43 Å². The number of rotatable bonds is 7. The van der Waals surface area contributed by atoms with E-state index in [-0.39, 0.29) is 11.7 Å². The minimum atomic E-state index is -0.588. The molecular weight excluding hydrogens is 520 g/mol. The highest BCUT2D eigenvalue weighted by atomic mass is 16.5. The third kappa shape index (κ3) is 6.04. The van der Waals surface area contributed by atoms with E-state index in [9.17, 15) is 14.4 Å². The Kier molecular flexibility index (Phi) is 8.24. The van der Waals surface area contributed by atoms with Gasteiger partial charge in [-0.1, -0.05) is 60.7 Å². The number of furan rings is 1. The van der Waals surface area contributed by atoms with Gasteiger partial charge in [-0.15, -0.1) is 0 Å². The van der Waals surface area contributed by atoms with Crippen molar-refractivity contribution in [3.8, 4) is 5.75 Å². The first-order valence-corrected chi connectivity index (χ1v) is 13.3. The van der Waals surface area contributed by atoms with E-state index in [1.807, 2.05) is 60.7 Å². The van der Waals surface area contributed by atoms with Crippen LogP contribution in [0.5, 0.6) is 5.75 Å². The average Bonchev–Trinajstić information content (AvgIpc) is 3.36. The van der Waals surface area contributed by atoms with E-state index in [0.29, 0.717) is 46.8 Å². The Morgan fingerprint density at radius 1 is 0.829 bits per heavy atom. The molecule has 0 saturated heterocycles. The standard InChI is InChI=1S/C32H30N4O5/c1-20-27-25(33-35-31(38)28(21-10-5-3-6-11-21)22-12-7-4-8-13-22)14-9-15-26(27)41-29(20)32(39)36-34-30(37)23-16-18-24(40-2)19-17-23/h3-8,10-13,16-19,28H,9,14-15H2,1-2H3,(H,34,37)(H,35,38)(H,36,39)/b33-25+. The number of hydrogen-bond donors (Lipinski definition) is 3. The van der Waals surface area contributed by atoms with Crippen LogP contribution in [-0.2, 0) is 11.2 Å². The van der Waals surface area contributed by atoms with Crippen molar-refractivity contribution in [3.63, 3.8) is 0 Å². The Labute approximate surface area is 237 Å². The number of amides is 3. The lowest BCUT2D eigenvalue weighted by molar-refractivity contribution is -0.121. The van der Waals surface area contributed by atoms with Crippen LogP contribution in [0.4, 0.5) is 0 Å². The fourth-order valence-corrected chi connectivity index (χ4v) is 4.95. The molecule has 1 aliphatic carbocycles. The summed E-state index contributed by atoms with van der Waals surface area (Å²) < 4.78 is 11.0. The second kappa shape index (κ2) is 12.3. The first kappa shape index (κ1) is 27.4. The third-order valence-corrected chi connectivity index (χ3v) is 7.00. The van der Waals surface area contributed by atoms with E-state index >= 15 is 0 Å². The van der Waals surface area contributed by atoms with E-state index in [4.69, 9.17) is 9.15 Å². The molecule has 0 aliphatic heterocycles. The highest BCUT2D eigenvalue weighted by Gasteiger charge is 2.29. The van der Waals surface area contributed by atoms with Gasteiger partial charge < -0.3 is 9.15 Å². The van der Waals surface area contributed by atoms with E-state index in [1.54, 1.807) is 31.2 Å². The summed E-state index contributed by atoms with van der Waals surface area (Å²) in [6.07, 6.45) is 2.00. The second-order valence-corrected chi connectivity index (χ2v) is 9.63. The number of hydrazine groups is 1. The van der Waals surface area contributed by atoms with Gasteiger partial charge in [-0.2, -0.15) is 5.10 Å². The number of methoxy groups -OCH3 is 1. The maximum Gasteiger partial charge on any atom is 0.305 e. The molecule has 1 aromatic heterocycles. The summed E-state index contributed by atoms with van der Waals surface area (Å²) >= 11 is 0. The summed E-state index contributed by atoms with van der Waals surface area (Å²) in [6.45, 7) is 1.77. The number of aryl methyl sites for hydroxylation is 1. The molecule has 41 heavy (non-hydrogen) atoms. The van der Waals surface area contributed by atoms with Crippen molar-refractivity contribution in [1.82, 2.24) is 16.3 Å². The number of carbonyl (C=O) groups excluding carboxylic acids is 3. The van der Waals surface area contributed by atoms with Crippen LogP contribution in [0.25, 0.3) is 0 Å². The van der Waals surface area contributed by atoms with Crippen LogP contribution in [0.2, 0.25) is 0 Å². The first-order valence-electron chi connectivity index (χ1n) is 13.3. The van der Waals surface area contributed by atoms with E-state index < -0.39 is 17.7 Å². The van der Waals surface area contributed by atoms with Crippen molar-refractivity contribution in [2.75, 3.05) is 7.11 Å². The molecule has 0 fully saturated rings. The lowest BCUT2D eigenvalue weighted by atomic mass is 9.90. The van der Waals surface area contributed by atoms with Crippen molar-refractivity contribution < 1.29 is 23.5 Å². The van der Waals surface area contributed by atoms with Crippen molar-refractivity contribution in [1.29, 1.82) is 0 Å². The van der Waals surface area contributed by atoms with E-state index in [0.717, 1.165) is 17.5 Å². The van der Waals surface area contributed by atoms with Crippen LogP contribution in [0.1, 0.15) is 67.7 Å². The molecule has 0 radical (unpaired) electrons. The van der Waals surface area contributed by atoms with Gasteiger partial charge in [0.15, 0.2) is 5.76 Å². The average molecular weight is 551 g/mol. The quantitative estimate of drug-likeness (QED) is 0.289. The Morgan fingerprint density at radius 2 is 1.44 bits per heavy atom. The molecular formula is C32H30N4O5. The highest BCUT2D eigenvalue weighted by molar-refractivity contribution is 6.07. The lowest BCUT2D eigenvalue weighted by Gasteiger charge is -2.18. The molecule has 4 aromatic rings. The SMILES string of the molecule is COc1ccc(C(=O)NNC(=O)c2oc3c(c2C)/C(=N/NC(=O)C(c2ccccc2)c2ccccc2)CCC3)cc1. The molecule has 1 aliphatic rings. The monoisotopic (exact) mass is 550 g/mol. The molecule has 9 nitrogen and oxygen atoms in total.